The van der Waals surface area contributed by atoms with Gasteiger partial charge in [-0.3, -0.25) is 9.97 Å². The Balaban J connectivity index is 0.000000158. The van der Waals surface area contributed by atoms with Crippen molar-refractivity contribution in [1.29, 1.82) is 0 Å². The van der Waals surface area contributed by atoms with Crippen molar-refractivity contribution in [2.75, 3.05) is 0 Å². The lowest BCUT2D eigenvalue weighted by atomic mass is 10.0. The van der Waals surface area contributed by atoms with Crippen LogP contribution in [0.2, 0.25) is 0 Å². The first-order valence-electron chi connectivity index (χ1n) is 19.9. The molecule has 0 fully saturated rings. The smallest absolute Gasteiger partial charge is 0.161 e. The van der Waals surface area contributed by atoms with E-state index in [0.717, 1.165) is 76.2 Å². The van der Waals surface area contributed by atoms with Gasteiger partial charge in [-0.1, -0.05) is 153 Å². The molecule has 0 N–H and O–H groups in total. The summed E-state index contributed by atoms with van der Waals surface area (Å²) in [5.74, 6) is 1.32. The summed E-state index contributed by atoms with van der Waals surface area (Å²) in [6.07, 6.45) is 7.10. The number of rotatable bonds is 8. The van der Waals surface area contributed by atoms with Crippen LogP contribution < -0.4 is 0 Å². The van der Waals surface area contributed by atoms with Gasteiger partial charge in [-0.15, -0.1) is 0 Å². The second-order valence-electron chi connectivity index (χ2n) is 14.3. The molecule has 0 radical (unpaired) electrons. The number of hydrogen-bond acceptors (Lipinski definition) is 6. The van der Waals surface area contributed by atoms with Crippen molar-refractivity contribution >= 4 is 31.9 Å². The molecule has 4 heterocycles. The van der Waals surface area contributed by atoms with Crippen LogP contribution in [0.1, 0.15) is 0 Å². The number of pyridine rings is 2. The molecule has 0 bridgehead atoms. The third-order valence-corrected chi connectivity index (χ3v) is 11.0. The third-order valence-electron chi connectivity index (χ3n) is 10.1. The molecule has 0 atom stereocenters. The van der Waals surface area contributed by atoms with Crippen LogP contribution in [0, 0.1) is 0 Å². The molecular weight excluding hydrogens is 892 g/mol. The molecule has 8 heteroatoms. The van der Waals surface area contributed by atoms with Crippen molar-refractivity contribution in [2.24, 2.45) is 0 Å². The Kier molecular flexibility index (Phi) is 12.3. The fourth-order valence-corrected chi connectivity index (χ4v) is 7.81. The number of halogens is 2. The molecule has 4 aromatic heterocycles. The summed E-state index contributed by atoms with van der Waals surface area (Å²) in [7, 11) is 0. The number of aromatic nitrogens is 6. The van der Waals surface area contributed by atoms with Crippen LogP contribution in [0.15, 0.2) is 228 Å². The maximum atomic E-state index is 4.89. The molecule has 0 amide bonds. The van der Waals surface area contributed by atoms with Gasteiger partial charge in [-0.05, 0) is 95.1 Å². The first-order chi connectivity index (χ1) is 30.5. The monoisotopic (exact) mass is 926 g/mol. The third kappa shape index (κ3) is 9.68. The molecule has 296 valence electrons. The lowest BCUT2D eigenvalue weighted by molar-refractivity contribution is 1.17. The molecule has 10 rings (SSSR count). The van der Waals surface area contributed by atoms with E-state index in [4.69, 9.17) is 19.9 Å². The molecule has 6 aromatic carbocycles. The Morgan fingerprint density at radius 3 is 0.935 bits per heavy atom. The van der Waals surface area contributed by atoms with Gasteiger partial charge in [-0.25, -0.2) is 19.9 Å². The minimum absolute atomic E-state index is 0.658. The van der Waals surface area contributed by atoms with Gasteiger partial charge in [0.25, 0.3) is 0 Å². The van der Waals surface area contributed by atoms with Crippen LogP contribution in [0.3, 0.4) is 0 Å². The molecular formula is C54H36Br2N6. The summed E-state index contributed by atoms with van der Waals surface area (Å²) in [6, 6.07) is 65.8. The quantitative estimate of drug-likeness (QED) is 0.151. The molecule has 0 saturated carbocycles. The Morgan fingerprint density at radius 1 is 0.258 bits per heavy atom. The molecule has 0 aliphatic carbocycles. The van der Waals surface area contributed by atoms with Crippen LogP contribution in [-0.2, 0) is 0 Å². The highest BCUT2D eigenvalue weighted by Gasteiger charge is 2.14. The van der Waals surface area contributed by atoms with Crippen LogP contribution >= 0.6 is 31.9 Å². The van der Waals surface area contributed by atoms with Crippen LogP contribution in [0.5, 0.6) is 0 Å². The van der Waals surface area contributed by atoms with Crippen LogP contribution in [-0.4, -0.2) is 29.9 Å². The van der Waals surface area contributed by atoms with E-state index in [1.54, 1.807) is 24.8 Å². The molecule has 0 spiro atoms. The summed E-state index contributed by atoms with van der Waals surface area (Å²) in [4.78, 5) is 28.0. The molecule has 0 aliphatic rings. The van der Waals surface area contributed by atoms with Crippen LogP contribution in [0.25, 0.3) is 90.1 Å². The Bertz CT molecular complexity index is 2880. The van der Waals surface area contributed by atoms with Crippen molar-refractivity contribution < 1.29 is 0 Å². The maximum Gasteiger partial charge on any atom is 0.161 e. The van der Waals surface area contributed by atoms with Gasteiger partial charge < -0.3 is 0 Å². The van der Waals surface area contributed by atoms with E-state index >= 15 is 0 Å². The van der Waals surface area contributed by atoms with E-state index in [1.807, 2.05) is 72.8 Å². The fourth-order valence-electron chi connectivity index (χ4n) is 7.01. The highest BCUT2D eigenvalue weighted by atomic mass is 79.9. The van der Waals surface area contributed by atoms with Crippen molar-refractivity contribution in [2.45, 2.75) is 0 Å². The summed E-state index contributed by atoms with van der Waals surface area (Å²) in [5.41, 5.74) is 14.1. The lowest BCUT2D eigenvalue weighted by Gasteiger charge is -2.10. The first-order valence-corrected chi connectivity index (χ1v) is 21.5. The molecule has 0 unspecified atom stereocenters. The highest BCUT2D eigenvalue weighted by molar-refractivity contribution is 9.10. The predicted molar refractivity (Wildman–Crippen MR) is 259 cm³/mol. The van der Waals surface area contributed by atoms with Gasteiger partial charge >= 0.3 is 0 Å². The minimum atomic E-state index is 0.658. The van der Waals surface area contributed by atoms with Crippen molar-refractivity contribution in [3.63, 3.8) is 0 Å². The van der Waals surface area contributed by atoms with Gasteiger partial charge in [0.1, 0.15) is 0 Å². The standard InChI is InChI=1S/2C27H18BrN3/c2*28-24-13-5-11-22(16-24)26-17-25(30-27(31-26)23-12-6-14-29-18-23)21-10-4-9-20(15-21)19-7-2-1-3-8-19/h2*1-18H. The average molecular weight is 929 g/mol. The van der Waals surface area contributed by atoms with E-state index in [1.165, 1.54) is 11.1 Å². The molecule has 10 aromatic rings. The zero-order chi connectivity index (χ0) is 42.1. The molecule has 0 saturated heterocycles. The van der Waals surface area contributed by atoms with E-state index in [2.05, 4.69) is 163 Å². The number of benzene rings is 6. The van der Waals surface area contributed by atoms with E-state index in [9.17, 15) is 0 Å². The minimum Gasteiger partial charge on any atom is -0.264 e. The summed E-state index contributed by atoms with van der Waals surface area (Å²) in [5, 5.41) is 0. The van der Waals surface area contributed by atoms with Gasteiger partial charge in [0.2, 0.25) is 0 Å². The zero-order valence-corrected chi connectivity index (χ0v) is 36.4. The Labute approximate surface area is 377 Å². The summed E-state index contributed by atoms with van der Waals surface area (Å²) >= 11 is 7.14. The summed E-state index contributed by atoms with van der Waals surface area (Å²) in [6.45, 7) is 0. The van der Waals surface area contributed by atoms with E-state index in [0.29, 0.717) is 11.6 Å². The Morgan fingerprint density at radius 2 is 0.581 bits per heavy atom. The second-order valence-corrected chi connectivity index (χ2v) is 16.2. The maximum absolute atomic E-state index is 4.89. The number of hydrogen-bond donors (Lipinski definition) is 0. The molecule has 62 heavy (non-hydrogen) atoms. The van der Waals surface area contributed by atoms with Crippen molar-refractivity contribution in [3.05, 3.63) is 228 Å². The topological polar surface area (TPSA) is 77.3 Å². The first kappa shape index (κ1) is 40.2. The van der Waals surface area contributed by atoms with Gasteiger partial charge in [0, 0.05) is 67.1 Å². The second kappa shape index (κ2) is 19.0. The average Bonchev–Trinajstić information content (AvgIpc) is 3.35. The van der Waals surface area contributed by atoms with Crippen molar-refractivity contribution in [1.82, 2.24) is 29.9 Å². The predicted octanol–water partition coefficient (Wildman–Crippen LogP) is 14.6. The van der Waals surface area contributed by atoms with E-state index < -0.39 is 0 Å². The van der Waals surface area contributed by atoms with Crippen LogP contribution in [0.4, 0.5) is 0 Å². The highest BCUT2D eigenvalue weighted by Crippen LogP contribution is 2.33. The summed E-state index contributed by atoms with van der Waals surface area (Å²) < 4.78 is 2.03. The number of nitrogens with zero attached hydrogens (tertiary/aromatic N) is 6. The lowest BCUT2D eigenvalue weighted by Crippen LogP contribution is -1.96. The SMILES string of the molecule is Brc1cccc(-c2cc(-c3cccc(-c4ccccc4)c3)nc(-c3cccnc3)n2)c1.Brc1cccc(-c2cc(-c3cccc(-c4ccccc4)c3)nc(-c3cccnc3)n2)c1. The van der Waals surface area contributed by atoms with Gasteiger partial charge in [-0.2, -0.15) is 0 Å². The Hall–Kier alpha value is -7.26. The van der Waals surface area contributed by atoms with E-state index in [-0.39, 0.29) is 0 Å². The zero-order valence-electron chi connectivity index (χ0n) is 33.2. The fraction of sp³-hybridized carbons (Fsp3) is 0. The van der Waals surface area contributed by atoms with Gasteiger partial charge in [0.05, 0.1) is 22.8 Å². The largest absolute Gasteiger partial charge is 0.264 e. The molecule has 6 nitrogen and oxygen atoms in total. The van der Waals surface area contributed by atoms with Gasteiger partial charge in [0.15, 0.2) is 11.6 Å². The van der Waals surface area contributed by atoms with Crippen molar-refractivity contribution in [3.8, 4) is 90.1 Å². The normalized spacial score (nSPS) is 10.7. The molecule has 0 aliphatic heterocycles.